The Bertz CT molecular complexity index is 520. The second-order valence-corrected chi connectivity index (χ2v) is 5.68. The van der Waals surface area contributed by atoms with E-state index in [1.54, 1.807) is 0 Å². The molecule has 0 N–H and O–H groups in total. The summed E-state index contributed by atoms with van der Waals surface area (Å²) >= 11 is 0. The summed E-state index contributed by atoms with van der Waals surface area (Å²) in [5.74, 6) is -21.1. The second-order valence-electron chi connectivity index (χ2n) is 5.68. The third-order valence-electron chi connectivity index (χ3n) is 3.55. The standard InChI is InChI=1S/C14H16F8O5/c15-11(16)13(19,20)14(21,22)12(17,18)7-27-10(24)4-3-9(23)26-6-8-2-1-5-25-8/h8,11H,1-7H2. The Morgan fingerprint density at radius 2 is 1.56 bits per heavy atom. The molecule has 5 nitrogen and oxygen atoms in total. The Morgan fingerprint density at radius 1 is 1.00 bits per heavy atom. The minimum absolute atomic E-state index is 0.0963. The van der Waals surface area contributed by atoms with Crippen molar-refractivity contribution >= 4 is 11.9 Å². The van der Waals surface area contributed by atoms with Gasteiger partial charge in [-0.25, -0.2) is 8.78 Å². The molecule has 0 spiro atoms. The molecule has 0 saturated carbocycles. The van der Waals surface area contributed by atoms with Crippen molar-refractivity contribution in [3.05, 3.63) is 0 Å². The van der Waals surface area contributed by atoms with Crippen molar-refractivity contribution < 1.29 is 58.9 Å². The number of esters is 2. The molecule has 0 bridgehead atoms. The minimum atomic E-state index is -6.46. The fourth-order valence-corrected chi connectivity index (χ4v) is 1.95. The molecule has 1 fully saturated rings. The Hall–Kier alpha value is -1.66. The first kappa shape index (κ1) is 23.4. The van der Waals surface area contributed by atoms with Gasteiger partial charge in [0.05, 0.1) is 18.9 Å². The lowest BCUT2D eigenvalue weighted by molar-refractivity contribution is -0.344. The van der Waals surface area contributed by atoms with Crippen LogP contribution in [-0.2, 0) is 23.8 Å². The molecule has 1 saturated heterocycles. The van der Waals surface area contributed by atoms with Gasteiger partial charge in [0.15, 0.2) is 6.61 Å². The lowest BCUT2D eigenvalue weighted by Crippen LogP contribution is -2.59. The van der Waals surface area contributed by atoms with E-state index >= 15 is 0 Å². The molecule has 13 heteroatoms. The Balaban J connectivity index is 2.42. The van der Waals surface area contributed by atoms with Gasteiger partial charge in [-0.2, -0.15) is 26.3 Å². The van der Waals surface area contributed by atoms with Gasteiger partial charge in [-0.15, -0.1) is 0 Å². The maximum atomic E-state index is 13.2. The third kappa shape index (κ3) is 5.91. The van der Waals surface area contributed by atoms with Crippen LogP contribution in [0.2, 0.25) is 0 Å². The largest absolute Gasteiger partial charge is 0.463 e. The molecule has 0 aliphatic carbocycles. The molecule has 0 amide bonds. The fraction of sp³-hybridized carbons (Fsp3) is 0.857. The van der Waals surface area contributed by atoms with Crippen LogP contribution in [0, 0.1) is 0 Å². The number of hydrogen-bond acceptors (Lipinski definition) is 5. The number of alkyl halides is 8. The zero-order valence-corrected chi connectivity index (χ0v) is 13.7. The summed E-state index contributed by atoms with van der Waals surface area (Å²) in [6.07, 6.45) is -5.45. The summed E-state index contributed by atoms with van der Waals surface area (Å²) < 4.78 is 115. The van der Waals surface area contributed by atoms with Crippen molar-refractivity contribution in [2.45, 2.75) is 56.0 Å². The molecule has 1 unspecified atom stereocenters. The van der Waals surface area contributed by atoms with Crippen molar-refractivity contribution in [1.29, 1.82) is 0 Å². The molecule has 1 heterocycles. The number of hydrogen-bond donors (Lipinski definition) is 0. The predicted molar refractivity (Wildman–Crippen MR) is 71.0 cm³/mol. The van der Waals surface area contributed by atoms with E-state index in [0.29, 0.717) is 13.0 Å². The van der Waals surface area contributed by atoms with Crippen molar-refractivity contribution in [2.24, 2.45) is 0 Å². The van der Waals surface area contributed by atoms with Crippen LogP contribution in [0.4, 0.5) is 35.1 Å². The summed E-state index contributed by atoms with van der Waals surface area (Å²) in [4.78, 5) is 22.5. The quantitative estimate of drug-likeness (QED) is 0.404. The SMILES string of the molecule is O=C(CCC(=O)OCC(F)(F)C(F)(F)C(F)(F)C(F)F)OCC1CCCO1. The Kier molecular flexibility index (Phi) is 7.81. The minimum Gasteiger partial charge on any atom is -0.463 e. The first-order valence-corrected chi connectivity index (χ1v) is 7.65. The van der Waals surface area contributed by atoms with Crippen LogP contribution in [0.5, 0.6) is 0 Å². The highest BCUT2D eigenvalue weighted by atomic mass is 19.4. The maximum Gasteiger partial charge on any atom is 0.381 e. The van der Waals surface area contributed by atoms with Gasteiger partial charge in [0.25, 0.3) is 0 Å². The third-order valence-corrected chi connectivity index (χ3v) is 3.55. The lowest BCUT2D eigenvalue weighted by Gasteiger charge is -2.31. The normalized spacial score (nSPS) is 18.6. The van der Waals surface area contributed by atoms with E-state index in [9.17, 15) is 44.7 Å². The summed E-state index contributed by atoms with van der Waals surface area (Å²) in [5, 5.41) is 0. The molecular formula is C14H16F8O5. The smallest absolute Gasteiger partial charge is 0.381 e. The summed E-state index contributed by atoms with van der Waals surface area (Å²) in [6, 6.07) is 0. The van der Waals surface area contributed by atoms with Crippen LogP contribution in [0.25, 0.3) is 0 Å². The monoisotopic (exact) mass is 416 g/mol. The van der Waals surface area contributed by atoms with Crippen molar-refractivity contribution in [3.63, 3.8) is 0 Å². The Morgan fingerprint density at radius 3 is 2.04 bits per heavy atom. The van der Waals surface area contributed by atoms with Crippen LogP contribution in [0.15, 0.2) is 0 Å². The van der Waals surface area contributed by atoms with E-state index in [0.717, 1.165) is 6.42 Å². The van der Waals surface area contributed by atoms with Crippen LogP contribution in [0.3, 0.4) is 0 Å². The Labute approximate surface area is 147 Å². The lowest BCUT2D eigenvalue weighted by atomic mass is 10.1. The van der Waals surface area contributed by atoms with E-state index in [-0.39, 0.29) is 12.7 Å². The van der Waals surface area contributed by atoms with Gasteiger partial charge in [-0.1, -0.05) is 0 Å². The highest BCUT2D eigenvalue weighted by Gasteiger charge is 2.75. The molecule has 1 aliphatic heterocycles. The first-order valence-electron chi connectivity index (χ1n) is 7.65. The molecule has 27 heavy (non-hydrogen) atoms. The predicted octanol–water partition coefficient (Wildman–Crippen LogP) is 3.20. The van der Waals surface area contributed by atoms with Gasteiger partial charge in [0.1, 0.15) is 6.61 Å². The summed E-state index contributed by atoms with van der Waals surface area (Å²) in [5.41, 5.74) is 0. The molecule has 0 aromatic rings. The van der Waals surface area contributed by atoms with Gasteiger partial charge in [-0.3, -0.25) is 9.59 Å². The number of halogens is 8. The van der Waals surface area contributed by atoms with E-state index < -0.39 is 55.6 Å². The molecule has 0 radical (unpaired) electrons. The number of ether oxygens (including phenoxy) is 3. The van der Waals surface area contributed by atoms with Gasteiger partial charge >= 0.3 is 36.1 Å². The van der Waals surface area contributed by atoms with E-state index in [2.05, 4.69) is 4.74 Å². The number of rotatable bonds is 10. The summed E-state index contributed by atoms with van der Waals surface area (Å²) in [7, 11) is 0. The molecule has 1 aliphatic rings. The van der Waals surface area contributed by atoms with E-state index in [1.807, 2.05) is 0 Å². The van der Waals surface area contributed by atoms with Gasteiger partial charge in [-0.05, 0) is 12.8 Å². The highest BCUT2D eigenvalue weighted by molar-refractivity contribution is 5.77. The average Bonchev–Trinajstić information content (AvgIpc) is 3.09. The van der Waals surface area contributed by atoms with Crippen molar-refractivity contribution in [2.75, 3.05) is 19.8 Å². The van der Waals surface area contributed by atoms with Crippen LogP contribution < -0.4 is 0 Å². The molecular weight excluding hydrogens is 400 g/mol. The van der Waals surface area contributed by atoms with Crippen LogP contribution >= 0.6 is 0 Å². The number of carbonyl (C=O) groups excluding carboxylic acids is 2. The molecule has 0 aromatic carbocycles. The van der Waals surface area contributed by atoms with Gasteiger partial charge in [0.2, 0.25) is 0 Å². The molecule has 158 valence electrons. The van der Waals surface area contributed by atoms with Crippen molar-refractivity contribution in [1.82, 2.24) is 0 Å². The zero-order chi connectivity index (χ0) is 20.9. The van der Waals surface area contributed by atoms with E-state index in [4.69, 9.17) is 9.47 Å². The van der Waals surface area contributed by atoms with E-state index in [1.165, 1.54) is 0 Å². The topological polar surface area (TPSA) is 61.8 Å². The molecule has 1 rings (SSSR count). The average molecular weight is 416 g/mol. The zero-order valence-electron chi connectivity index (χ0n) is 13.7. The van der Waals surface area contributed by atoms with Crippen LogP contribution in [-0.4, -0.2) is 62.1 Å². The van der Waals surface area contributed by atoms with Crippen molar-refractivity contribution in [3.8, 4) is 0 Å². The molecule has 0 aromatic heterocycles. The maximum absolute atomic E-state index is 13.2. The van der Waals surface area contributed by atoms with Gasteiger partial charge < -0.3 is 14.2 Å². The second kappa shape index (κ2) is 9.02. The fourth-order valence-electron chi connectivity index (χ4n) is 1.95. The first-order chi connectivity index (χ1) is 12.3. The van der Waals surface area contributed by atoms with Crippen LogP contribution in [0.1, 0.15) is 25.7 Å². The summed E-state index contributed by atoms with van der Waals surface area (Å²) in [6.45, 7) is -2.16. The highest BCUT2D eigenvalue weighted by Crippen LogP contribution is 2.48. The molecule has 1 atom stereocenters. The van der Waals surface area contributed by atoms with Gasteiger partial charge in [0, 0.05) is 6.61 Å². The number of carbonyl (C=O) groups is 2.